The van der Waals surface area contributed by atoms with E-state index in [2.05, 4.69) is 6.92 Å². The van der Waals surface area contributed by atoms with Crippen molar-refractivity contribution in [1.29, 1.82) is 0 Å². The smallest absolute Gasteiger partial charge is 0.204 e. The topological polar surface area (TPSA) is 18.5 Å². The average molecular weight is 409 g/mol. The molecule has 0 aromatic heterocycles. The lowest BCUT2D eigenvalue weighted by Gasteiger charge is -2.47. The van der Waals surface area contributed by atoms with E-state index >= 15 is 0 Å². The van der Waals surface area contributed by atoms with E-state index < -0.39 is 11.6 Å². The third-order valence-corrected chi connectivity index (χ3v) is 7.38. The summed E-state index contributed by atoms with van der Waals surface area (Å²) in [5.74, 6) is -0.673. The van der Waals surface area contributed by atoms with E-state index in [1.54, 1.807) is 6.92 Å². The molecule has 4 heteroatoms. The van der Waals surface area contributed by atoms with Crippen molar-refractivity contribution in [2.75, 3.05) is 13.2 Å². The van der Waals surface area contributed by atoms with E-state index in [9.17, 15) is 8.78 Å². The van der Waals surface area contributed by atoms with Crippen LogP contribution in [0.3, 0.4) is 0 Å². The largest absolute Gasteiger partial charge is 0.491 e. The summed E-state index contributed by atoms with van der Waals surface area (Å²) >= 11 is 0. The lowest BCUT2D eigenvalue weighted by Crippen LogP contribution is -2.36. The molecule has 0 aliphatic heterocycles. The molecule has 0 bridgehead atoms. The predicted molar refractivity (Wildman–Crippen MR) is 114 cm³/mol. The van der Waals surface area contributed by atoms with Gasteiger partial charge in [0.1, 0.15) is 0 Å². The number of ether oxygens (including phenoxy) is 2. The molecule has 0 saturated heterocycles. The Morgan fingerprint density at radius 3 is 2.10 bits per heavy atom. The Bertz CT molecular complexity index is 632. The maximum atomic E-state index is 14.2. The van der Waals surface area contributed by atoms with Crippen molar-refractivity contribution in [2.45, 2.75) is 90.9 Å². The number of halogens is 2. The van der Waals surface area contributed by atoms with Gasteiger partial charge in [0.2, 0.25) is 11.6 Å². The maximum Gasteiger partial charge on any atom is 0.204 e. The zero-order chi connectivity index (χ0) is 20.7. The van der Waals surface area contributed by atoms with Crippen molar-refractivity contribution in [3.63, 3.8) is 0 Å². The summed E-state index contributed by atoms with van der Waals surface area (Å²) in [6.07, 6.45) is 15.9. The van der Waals surface area contributed by atoms with Gasteiger partial charge in [0, 0.05) is 0 Å². The highest BCUT2D eigenvalue weighted by Gasteiger charge is 2.40. The number of hydrogen-bond acceptors (Lipinski definition) is 2. The van der Waals surface area contributed by atoms with Crippen LogP contribution in [-0.2, 0) is 0 Å². The second kappa shape index (κ2) is 10.6. The highest BCUT2D eigenvalue weighted by Crippen LogP contribution is 2.52. The van der Waals surface area contributed by atoms with Crippen molar-refractivity contribution in [1.82, 2.24) is 0 Å². The fraction of sp³-hybridized carbons (Fsp3) is 0.760. The molecule has 29 heavy (non-hydrogen) atoms. The van der Waals surface area contributed by atoms with Gasteiger partial charge in [0.15, 0.2) is 11.5 Å². The SMILES string of the molecule is CCCCC1(C2CCC(COc3ccc(OCC)c(F)c3F)CC2)CCCCC1. The molecule has 2 aliphatic rings. The van der Waals surface area contributed by atoms with Gasteiger partial charge in [-0.2, -0.15) is 8.78 Å². The predicted octanol–water partition coefficient (Wildman–Crippen LogP) is 7.69. The lowest BCUT2D eigenvalue weighted by atomic mass is 9.59. The van der Waals surface area contributed by atoms with Gasteiger partial charge in [0.05, 0.1) is 13.2 Å². The second-order valence-electron chi connectivity index (χ2n) is 9.18. The normalized spacial score (nSPS) is 24.3. The molecule has 1 aromatic carbocycles. The third kappa shape index (κ3) is 5.44. The van der Waals surface area contributed by atoms with Crippen LogP contribution in [0.2, 0.25) is 0 Å². The first-order valence-electron chi connectivity index (χ1n) is 11.8. The van der Waals surface area contributed by atoms with Crippen molar-refractivity contribution >= 4 is 0 Å². The van der Waals surface area contributed by atoms with Gasteiger partial charge in [-0.25, -0.2) is 0 Å². The van der Waals surface area contributed by atoms with E-state index in [4.69, 9.17) is 9.47 Å². The molecular weight excluding hydrogens is 370 g/mol. The molecule has 2 aliphatic carbocycles. The van der Waals surface area contributed by atoms with Gasteiger partial charge in [-0.15, -0.1) is 0 Å². The van der Waals surface area contributed by atoms with Crippen molar-refractivity contribution < 1.29 is 18.3 Å². The number of unbranched alkanes of at least 4 members (excludes halogenated alkanes) is 1. The van der Waals surface area contributed by atoms with Crippen molar-refractivity contribution in [2.24, 2.45) is 17.3 Å². The van der Waals surface area contributed by atoms with E-state index in [1.165, 1.54) is 76.3 Å². The average Bonchev–Trinajstić information content (AvgIpc) is 2.76. The van der Waals surface area contributed by atoms with Crippen LogP contribution in [0.25, 0.3) is 0 Å². The van der Waals surface area contributed by atoms with Crippen LogP contribution >= 0.6 is 0 Å². The number of hydrogen-bond donors (Lipinski definition) is 0. The van der Waals surface area contributed by atoms with Gasteiger partial charge in [-0.05, 0) is 81.3 Å². The summed E-state index contributed by atoms with van der Waals surface area (Å²) in [4.78, 5) is 0. The summed E-state index contributed by atoms with van der Waals surface area (Å²) in [5.41, 5.74) is 0.574. The summed E-state index contributed by atoms with van der Waals surface area (Å²) < 4.78 is 39.1. The Labute approximate surface area is 175 Å². The van der Waals surface area contributed by atoms with Crippen LogP contribution in [0.15, 0.2) is 12.1 Å². The Hall–Kier alpha value is -1.32. The first kappa shape index (κ1) is 22.4. The Morgan fingerprint density at radius 1 is 0.897 bits per heavy atom. The standard InChI is InChI=1S/C25H38F2O2/c1-3-5-15-25(16-7-6-8-17-25)20-11-9-19(10-12-20)18-29-22-14-13-21(28-4-2)23(26)24(22)27/h13-14,19-20H,3-12,15-18H2,1-2H3. The fourth-order valence-corrected chi connectivity index (χ4v) is 5.69. The van der Waals surface area contributed by atoms with E-state index in [0.29, 0.717) is 24.5 Å². The summed E-state index contributed by atoms with van der Waals surface area (Å²) in [5, 5.41) is 0. The Balaban J connectivity index is 1.52. The molecule has 2 fully saturated rings. The maximum absolute atomic E-state index is 14.2. The molecule has 0 amide bonds. The zero-order valence-corrected chi connectivity index (χ0v) is 18.3. The van der Waals surface area contributed by atoms with Gasteiger partial charge < -0.3 is 9.47 Å². The Morgan fingerprint density at radius 2 is 1.52 bits per heavy atom. The molecule has 0 radical (unpaired) electrons. The molecule has 2 saturated carbocycles. The zero-order valence-electron chi connectivity index (χ0n) is 18.3. The van der Waals surface area contributed by atoms with E-state index in [1.807, 2.05) is 0 Å². The van der Waals surface area contributed by atoms with Crippen LogP contribution in [0, 0.1) is 28.9 Å². The molecule has 1 aromatic rings. The fourth-order valence-electron chi connectivity index (χ4n) is 5.69. The molecule has 0 heterocycles. The molecule has 3 rings (SSSR count). The minimum Gasteiger partial charge on any atom is -0.491 e. The van der Waals surface area contributed by atoms with Crippen LogP contribution in [0.1, 0.15) is 90.9 Å². The first-order valence-corrected chi connectivity index (χ1v) is 11.8. The van der Waals surface area contributed by atoms with Crippen molar-refractivity contribution in [3.05, 3.63) is 23.8 Å². The van der Waals surface area contributed by atoms with Gasteiger partial charge in [0.25, 0.3) is 0 Å². The molecule has 164 valence electrons. The van der Waals surface area contributed by atoms with Gasteiger partial charge in [-0.3, -0.25) is 0 Å². The van der Waals surface area contributed by atoms with Crippen LogP contribution < -0.4 is 9.47 Å². The lowest BCUT2D eigenvalue weighted by molar-refractivity contribution is 0.0371. The molecule has 0 unspecified atom stereocenters. The minimum atomic E-state index is -0.955. The number of benzene rings is 1. The van der Waals surface area contributed by atoms with Crippen LogP contribution in [-0.4, -0.2) is 13.2 Å². The summed E-state index contributed by atoms with van der Waals surface area (Å²) in [7, 11) is 0. The molecule has 0 atom stereocenters. The molecular formula is C25H38F2O2. The van der Waals surface area contributed by atoms with E-state index in [-0.39, 0.29) is 11.5 Å². The third-order valence-electron chi connectivity index (χ3n) is 7.38. The highest BCUT2D eigenvalue weighted by atomic mass is 19.2. The van der Waals surface area contributed by atoms with Gasteiger partial charge in [-0.1, -0.05) is 39.0 Å². The quantitative estimate of drug-likeness (QED) is 0.417. The Kier molecular flexibility index (Phi) is 8.20. The van der Waals surface area contributed by atoms with E-state index in [0.717, 1.165) is 18.8 Å². The first-order chi connectivity index (χ1) is 14.1. The van der Waals surface area contributed by atoms with Crippen LogP contribution in [0.4, 0.5) is 8.78 Å². The highest BCUT2D eigenvalue weighted by molar-refractivity contribution is 5.35. The van der Waals surface area contributed by atoms with Crippen LogP contribution in [0.5, 0.6) is 11.5 Å². The second-order valence-corrected chi connectivity index (χ2v) is 9.18. The van der Waals surface area contributed by atoms with Gasteiger partial charge >= 0.3 is 0 Å². The molecule has 0 spiro atoms. The number of rotatable bonds is 9. The summed E-state index contributed by atoms with van der Waals surface area (Å²) in [6.45, 7) is 4.82. The minimum absolute atomic E-state index is 0.000210. The summed E-state index contributed by atoms with van der Waals surface area (Å²) in [6, 6.07) is 2.94. The molecule has 0 N–H and O–H groups in total. The molecule has 2 nitrogen and oxygen atoms in total. The monoisotopic (exact) mass is 408 g/mol. The van der Waals surface area contributed by atoms with Crippen molar-refractivity contribution in [3.8, 4) is 11.5 Å².